The Morgan fingerprint density at radius 2 is 2.21 bits per heavy atom. The Labute approximate surface area is 81.6 Å². The number of terminal acetylenes is 1. The zero-order valence-electron chi connectivity index (χ0n) is 7.77. The molecule has 0 radical (unpaired) electrons. The predicted octanol–water partition coefficient (Wildman–Crippen LogP) is 0.304. The first kappa shape index (κ1) is 10.4. The molecule has 0 bridgehead atoms. The van der Waals surface area contributed by atoms with Crippen LogP contribution in [0.5, 0.6) is 0 Å². The van der Waals surface area contributed by atoms with Crippen molar-refractivity contribution in [2.24, 2.45) is 0 Å². The summed E-state index contributed by atoms with van der Waals surface area (Å²) in [6.45, 7) is 0. The molecular weight excluding hydrogens is 186 g/mol. The minimum Gasteiger partial charge on any atom is -0.480 e. The number of carboxylic acid groups (broad SMARTS) is 1. The van der Waals surface area contributed by atoms with E-state index in [-0.39, 0.29) is 0 Å². The highest BCUT2D eigenvalue weighted by Crippen LogP contribution is 2.24. The maximum atomic E-state index is 11.2. The highest BCUT2D eigenvalue weighted by molar-refractivity contribution is 5.81. The summed E-state index contributed by atoms with van der Waals surface area (Å²) in [5.74, 6) is 1.33. The van der Waals surface area contributed by atoms with Gasteiger partial charge in [-0.25, -0.2) is 9.59 Å². The molecule has 1 heterocycles. The molecule has 1 amide bonds. The second-order valence-corrected chi connectivity index (χ2v) is 2.99. The number of nitrogens with zero attached hydrogens (tertiary/aromatic N) is 1. The van der Waals surface area contributed by atoms with Gasteiger partial charge in [0.05, 0.1) is 13.2 Å². The summed E-state index contributed by atoms with van der Waals surface area (Å²) in [7, 11) is 1.20. The van der Waals surface area contributed by atoms with Crippen molar-refractivity contribution in [2.75, 3.05) is 7.11 Å². The van der Waals surface area contributed by atoms with Crippen molar-refractivity contribution in [2.45, 2.75) is 24.9 Å². The third-order valence-electron chi connectivity index (χ3n) is 2.25. The van der Waals surface area contributed by atoms with Crippen LogP contribution in [-0.2, 0) is 9.53 Å². The number of hydrogen-bond acceptors (Lipinski definition) is 3. The van der Waals surface area contributed by atoms with Gasteiger partial charge in [0, 0.05) is 0 Å². The van der Waals surface area contributed by atoms with Crippen molar-refractivity contribution in [1.29, 1.82) is 0 Å². The van der Waals surface area contributed by atoms with E-state index < -0.39 is 24.1 Å². The summed E-state index contributed by atoms with van der Waals surface area (Å²) < 4.78 is 4.47. The van der Waals surface area contributed by atoms with Crippen LogP contribution < -0.4 is 0 Å². The van der Waals surface area contributed by atoms with Gasteiger partial charge >= 0.3 is 12.1 Å². The van der Waals surface area contributed by atoms with Gasteiger partial charge in [0.15, 0.2) is 0 Å². The Morgan fingerprint density at radius 1 is 1.57 bits per heavy atom. The zero-order chi connectivity index (χ0) is 10.7. The molecule has 0 aromatic carbocycles. The molecule has 5 nitrogen and oxygen atoms in total. The SMILES string of the molecule is C#CC1CCC(C(=O)O)N1C(=O)OC. The number of carbonyl (C=O) groups excluding carboxylic acids is 1. The highest BCUT2D eigenvalue weighted by Gasteiger charge is 2.40. The van der Waals surface area contributed by atoms with Crippen LogP contribution >= 0.6 is 0 Å². The molecule has 1 fully saturated rings. The summed E-state index contributed by atoms with van der Waals surface area (Å²) in [5.41, 5.74) is 0. The first-order chi connectivity index (χ1) is 6.61. The molecule has 76 valence electrons. The van der Waals surface area contributed by atoms with Crippen LogP contribution in [0.15, 0.2) is 0 Å². The van der Waals surface area contributed by atoms with E-state index in [0.29, 0.717) is 12.8 Å². The molecule has 1 rings (SSSR count). The van der Waals surface area contributed by atoms with Crippen LogP contribution in [0.2, 0.25) is 0 Å². The summed E-state index contributed by atoms with van der Waals surface area (Å²) in [6, 6.07) is -1.33. The van der Waals surface area contributed by atoms with Crippen LogP contribution in [0.4, 0.5) is 4.79 Å². The van der Waals surface area contributed by atoms with Crippen LogP contribution in [-0.4, -0.2) is 41.3 Å². The molecule has 5 heteroatoms. The largest absolute Gasteiger partial charge is 0.480 e. The molecule has 0 saturated carbocycles. The number of carbonyl (C=O) groups is 2. The van der Waals surface area contributed by atoms with Crippen molar-refractivity contribution in [3.8, 4) is 12.3 Å². The van der Waals surface area contributed by atoms with Crippen LogP contribution in [0, 0.1) is 12.3 Å². The lowest BCUT2D eigenvalue weighted by atomic mass is 10.2. The first-order valence-corrected chi connectivity index (χ1v) is 4.17. The van der Waals surface area contributed by atoms with Gasteiger partial charge in [-0.15, -0.1) is 6.42 Å². The maximum absolute atomic E-state index is 11.2. The van der Waals surface area contributed by atoms with E-state index >= 15 is 0 Å². The molecule has 2 atom stereocenters. The Hall–Kier alpha value is -1.70. The van der Waals surface area contributed by atoms with E-state index in [1.165, 1.54) is 7.11 Å². The first-order valence-electron chi connectivity index (χ1n) is 4.17. The Bertz CT molecular complexity index is 294. The zero-order valence-corrected chi connectivity index (χ0v) is 7.77. The standard InChI is InChI=1S/C9H11NO4/c1-3-6-4-5-7(8(11)12)10(6)9(13)14-2/h1,6-7H,4-5H2,2H3,(H,11,12). The van der Waals surface area contributed by atoms with Gasteiger partial charge in [-0.1, -0.05) is 5.92 Å². The van der Waals surface area contributed by atoms with Gasteiger partial charge in [-0.05, 0) is 12.8 Å². The Kier molecular flexibility index (Phi) is 2.97. The summed E-state index contributed by atoms with van der Waals surface area (Å²) >= 11 is 0. The van der Waals surface area contributed by atoms with Crippen LogP contribution in [0.25, 0.3) is 0 Å². The number of aliphatic carboxylic acids is 1. The van der Waals surface area contributed by atoms with E-state index in [2.05, 4.69) is 10.7 Å². The van der Waals surface area contributed by atoms with Crippen molar-refractivity contribution in [3.63, 3.8) is 0 Å². The monoisotopic (exact) mass is 197 g/mol. The maximum Gasteiger partial charge on any atom is 0.411 e. The van der Waals surface area contributed by atoms with Gasteiger partial charge in [0.25, 0.3) is 0 Å². The highest BCUT2D eigenvalue weighted by atomic mass is 16.5. The third-order valence-corrected chi connectivity index (χ3v) is 2.25. The quantitative estimate of drug-likeness (QED) is 0.614. The number of likely N-dealkylation sites (tertiary alicyclic amines) is 1. The molecule has 1 saturated heterocycles. The normalized spacial score (nSPS) is 25.6. The average molecular weight is 197 g/mol. The topological polar surface area (TPSA) is 66.8 Å². The van der Waals surface area contributed by atoms with Gasteiger partial charge in [-0.3, -0.25) is 4.90 Å². The van der Waals surface area contributed by atoms with Crippen LogP contribution in [0.1, 0.15) is 12.8 Å². The molecular formula is C9H11NO4. The van der Waals surface area contributed by atoms with E-state index in [0.717, 1.165) is 4.90 Å². The summed E-state index contributed by atoms with van der Waals surface area (Å²) in [4.78, 5) is 23.1. The molecule has 1 aliphatic heterocycles. The number of rotatable bonds is 1. The predicted molar refractivity (Wildman–Crippen MR) is 47.5 cm³/mol. The average Bonchev–Trinajstić information content (AvgIpc) is 2.59. The van der Waals surface area contributed by atoms with E-state index in [4.69, 9.17) is 11.5 Å². The van der Waals surface area contributed by atoms with Gasteiger partial charge in [0.1, 0.15) is 6.04 Å². The van der Waals surface area contributed by atoms with Crippen molar-refractivity contribution in [3.05, 3.63) is 0 Å². The molecule has 0 spiro atoms. The number of methoxy groups -OCH3 is 1. The van der Waals surface area contributed by atoms with Crippen LogP contribution in [0.3, 0.4) is 0 Å². The second kappa shape index (κ2) is 4.01. The van der Waals surface area contributed by atoms with E-state index in [1.54, 1.807) is 0 Å². The smallest absolute Gasteiger partial charge is 0.411 e. The number of amides is 1. The molecule has 1 N–H and O–H groups in total. The number of hydrogen-bond donors (Lipinski definition) is 1. The number of carboxylic acids is 1. The Morgan fingerprint density at radius 3 is 2.64 bits per heavy atom. The summed E-state index contributed by atoms with van der Waals surface area (Å²) in [5, 5.41) is 8.82. The minimum atomic E-state index is -1.05. The van der Waals surface area contributed by atoms with Crippen molar-refractivity contribution in [1.82, 2.24) is 4.90 Å². The number of ether oxygens (including phenoxy) is 1. The van der Waals surface area contributed by atoms with Gasteiger partial charge < -0.3 is 9.84 Å². The van der Waals surface area contributed by atoms with E-state index in [9.17, 15) is 9.59 Å². The molecule has 14 heavy (non-hydrogen) atoms. The van der Waals surface area contributed by atoms with E-state index in [1.807, 2.05) is 0 Å². The molecule has 0 aliphatic carbocycles. The van der Waals surface area contributed by atoms with Gasteiger partial charge in [-0.2, -0.15) is 0 Å². The lowest BCUT2D eigenvalue weighted by molar-refractivity contribution is -0.141. The molecule has 0 aromatic heterocycles. The third kappa shape index (κ3) is 1.64. The Balaban J connectivity index is 2.87. The summed E-state index contributed by atoms with van der Waals surface area (Å²) in [6.07, 6.45) is 5.38. The fraction of sp³-hybridized carbons (Fsp3) is 0.556. The minimum absolute atomic E-state index is 0.374. The lowest BCUT2D eigenvalue weighted by Gasteiger charge is -2.23. The fourth-order valence-corrected chi connectivity index (χ4v) is 1.58. The lowest BCUT2D eigenvalue weighted by Crippen LogP contribution is -2.44. The molecule has 2 unspecified atom stereocenters. The second-order valence-electron chi connectivity index (χ2n) is 2.99. The van der Waals surface area contributed by atoms with Gasteiger partial charge in [0.2, 0.25) is 0 Å². The molecule has 0 aromatic rings. The molecule has 1 aliphatic rings. The van der Waals surface area contributed by atoms with Crippen molar-refractivity contribution < 1.29 is 19.4 Å². The fourth-order valence-electron chi connectivity index (χ4n) is 1.58. The van der Waals surface area contributed by atoms with Crippen molar-refractivity contribution >= 4 is 12.1 Å².